The van der Waals surface area contributed by atoms with Crippen molar-refractivity contribution in [2.24, 2.45) is 0 Å². The summed E-state index contributed by atoms with van der Waals surface area (Å²) in [4.78, 5) is 2.42. The quantitative estimate of drug-likeness (QED) is 0.167. The van der Waals surface area contributed by atoms with Crippen LogP contribution in [0.1, 0.15) is 64.3 Å². The third kappa shape index (κ3) is 5.00. The van der Waals surface area contributed by atoms with Crippen molar-refractivity contribution in [1.29, 1.82) is 0 Å². The molecule has 0 saturated heterocycles. The molecule has 6 aromatic carbocycles. The van der Waals surface area contributed by atoms with Gasteiger partial charge in [-0.05, 0) is 152 Å². The molecule has 0 heterocycles. The Hall–Kier alpha value is -6.70. The van der Waals surface area contributed by atoms with Gasteiger partial charge < -0.3 is 4.90 Å². The van der Waals surface area contributed by atoms with E-state index in [-0.39, 0.29) is 0 Å². The monoisotopic (exact) mass is 703 g/mol. The highest BCUT2D eigenvalue weighted by molar-refractivity contribution is 5.98. The van der Waals surface area contributed by atoms with Gasteiger partial charge in [0.2, 0.25) is 0 Å². The van der Waals surface area contributed by atoms with Gasteiger partial charge in [-0.2, -0.15) is 0 Å². The molecule has 0 fully saturated rings. The Morgan fingerprint density at radius 3 is 2.05 bits per heavy atom. The molecule has 4 aliphatic carbocycles. The van der Waals surface area contributed by atoms with Gasteiger partial charge in [-0.1, -0.05) is 147 Å². The van der Waals surface area contributed by atoms with Crippen LogP contribution in [0.25, 0.3) is 51.6 Å². The van der Waals surface area contributed by atoms with Crippen LogP contribution < -0.4 is 4.90 Å². The van der Waals surface area contributed by atoms with Crippen LogP contribution in [-0.4, -0.2) is 0 Å². The van der Waals surface area contributed by atoms with Crippen molar-refractivity contribution in [3.05, 3.63) is 227 Å². The van der Waals surface area contributed by atoms with Crippen LogP contribution in [0.4, 0.5) is 17.1 Å². The molecule has 4 aliphatic rings. The Labute approximate surface area is 324 Å². The first-order valence-electron chi connectivity index (χ1n) is 19.3. The lowest BCUT2D eigenvalue weighted by atomic mass is 9.68. The molecule has 0 aliphatic heterocycles. The minimum Gasteiger partial charge on any atom is -0.310 e. The molecule has 55 heavy (non-hydrogen) atoms. The van der Waals surface area contributed by atoms with Crippen molar-refractivity contribution >= 4 is 46.4 Å². The number of fused-ring (bicyclic) bond motifs is 10. The Morgan fingerprint density at radius 1 is 0.564 bits per heavy atom. The maximum atomic E-state index is 4.24. The molecule has 262 valence electrons. The van der Waals surface area contributed by atoms with Crippen molar-refractivity contribution in [2.75, 3.05) is 4.90 Å². The van der Waals surface area contributed by atoms with Crippen LogP contribution in [0, 0.1) is 0 Å². The number of allylic oxidation sites excluding steroid dienone is 9. The minimum absolute atomic E-state index is 0.407. The number of benzene rings is 6. The summed E-state index contributed by atoms with van der Waals surface area (Å²) < 4.78 is 0. The van der Waals surface area contributed by atoms with E-state index in [1.54, 1.807) is 0 Å². The predicted molar refractivity (Wildman–Crippen MR) is 236 cm³/mol. The summed E-state index contributed by atoms with van der Waals surface area (Å²) in [6, 6.07) is 47.5. The number of anilines is 3. The second-order valence-corrected chi connectivity index (χ2v) is 14.9. The highest BCUT2D eigenvalue weighted by atomic mass is 15.1. The number of hydrogen-bond donors (Lipinski definition) is 0. The van der Waals surface area contributed by atoms with E-state index in [2.05, 4.69) is 195 Å². The molecule has 0 radical (unpaired) electrons. The van der Waals surface area contributed by atoms with E-state index in [9.17, 15) is 0 Å². The van der Waals surface area contributed by atoms with Crippen LogP contribution in [0.15, 0.2) is 183 Å². The minimum atomic E-state index is -0.407. The van der Waals surface area contributed by atoms with Gasteiger partial charge in [-0.15, -0.1) is 0 Å². The van der Waals surface area contributed by atoms with E-state index in [4.69, 9.17) is 0 Å². The third-order valence-electron chi connectivity index (χ3n) is 12.1. The maximum Gasteiger partial charge on any atom is 0.0722 e. The van der Waals surface area contributed by atoms with Crippen LogP contribution >= 0.6 is 0 Å². The summed E-state index contributed by atoms with van der Waals surface area (Å²) in [5.74, 6) is 0. The van der Waals surface area contributed by atoms with Crippen molar-refractivity contribution < 1.29 is 0 Å². The fourth-order valence-corrected chi connectivity index (χ4v) is 9.54. The zero-order valence-corrected chi connectivity index (χ0v) is 31.1. The first kappa shape index (κ1) is 32.9. The van der Waals surface area contributed by atoms with Crippen LogP contribution in [0.5, 0.6) is 0 Å². The van der Waals surface area contributed by atoms with Crippen molar-refractivity contribution in [2.45, 2.75) is 25.2 Å². The lowest BCUT2D eigenvalue weighted by molar-refractivity contribution is 0.780. The molecule has 1 heteroatoms. The SMILES string of the molecule is C=Cc1cc2c(cc1C=C)C1(C3=C(CCC=C3)c3ccccc31)c1ccc(N(c3ccc(-c4ccccc4)cc3)c3ccc4c(c3)/C(C)=C/C=C\C=C/4)cc1-2. The van der Waals surface area contributed by atoms with Gasteiger partial charge in [-0.3, -0.25) is 0 Å². The summed E-state index contributed by atoms with van der Waals surface area (Å²) >= 11 is 0. The Morgan fingerprint density at radius 2 is 1.24 bits per heavy atom. The van der Waals surface area contributed by atoms with Crippen LogP contribution in [0.2, 0.25) is 0 Å². The molecule has 0 bridgehead atoms. The molecule has 10 rings (SSSR count). The molecule has 1 nitrogen and oxygen atoms in total. The molecule has 0 saturated carbocycles. The molecule has 0 N–H and O–H groups in total. The molecule has 1 atom stereocenters. The molecule has 1 spiro atoms. The molecular formula is C54H41N. The molecule has 0 amide bonds. The third-order valence-corrected chi connectivity index (χ3v) is 12.1. The highest BCUT2D eigenvalue weighted by Crippen LogP contribution is 2.64. The molecule has 6 aromatic rings. The van der Waals surface area contributed by atoms with Crippen molar-refractivity contribution in [3.63, 3.8) is 0 Å². The van der Waals surface area contributed by atoms with Crippen molar-refractivity contribution in [1.82, 2.24) is 0 Å². The van der Waals surface area contributed by atoms with Gasteiger partial charge in [0.1, 0.15) is 0 Å². The largest absolute Gasteiger partial charge is 0.310 e. The second kappa shape index (κ2) is 13.0. The molecule has 0 aromatic heterocycles. The topological polar surface area (TPSA) is 3.24 Å². The fourth-order valence-electron chi connectivity index (χ4n) is 9.54. The average Bonchev–Trinajstić information content (AvgIpc) is 3.69. The average molecular weight is 704 g/mol. The Kier molecular flexibility index (Phi) is 7.78. The Balaban J connectivity index is 1.22. The summed E-state index contributed by atoms with van der Waals surface area (Å²) in [7, 11) is 0. The zero-order chi connectivity index (χ0) is 37.1. The second-order valence-electron chi connectivity index (χ2n) is 14.9. The fraction of sp³-hybridized carbons (Fsp3) is 0.0741. The first-order valence-corrected chi connectivity index (χ1v) is 19.3. The van der Waals surface area contributed by atoms with Gasteiger partial charge >= 0.3 is 0 Å². The summed E-state index contributed by atoms with van der Waals surface area (Å²) in [5.41, 5.74) is 22.0. The van der Waals surface area contributed by atoms with Gasteiger partial charge in [-0.25, -0.2) is 0 Å². The van der Waals surface area contributed by atoms with E-state index in [0.29, 0.717) is 0 Å². The van der Waals surface area contributed by atoms with Crippen molar-refractivity contribution in [3.8, 4) is 22.3 Å². The Bertz CT molecular complexity index is 2730. The summed E-state index contributed by atoms with van der Waals surface area (Å²) in [6.07, 6.45) is 21.6. The van der Waals surface area contributed by atoms with E-state index >= 15 is 0 Å². The van der Waals surface area contributed by atoms with Crippen LogP contribution in [0.3, 0.4) is 0 Å². The standard InChI is InChI=1S/C54H41N/c1-4-37-32-48-49-35-44(30-31-52(49)54(53(48)33-38(37)5-2)50-22-14-12-20-45(50)46-21-13-15-23-51(46)54)55(42-27-24-40(25-28-42)39-17-9-7-10-18-39)43-29-26-41-19-11-6-8-16-36(3)47(41)34-43/h4-12,14-20,22-35H,1-2,13,21H2,3H3/b8-6-,11-6?,16-8?,19-11-,36-16+,41-19?,47-36?. The normalized spacial score (nSPS) is 19.2. The zero-order valence-electron chi connectivity index (χ0n) is 31.1. The van der Waals surface area contributed by atoms with Gasteiger partial charge in [0, 0.05) is 17.1 Å². The summed E-state index contributed by atoms with van der Waals surface area (Å²) in [5, 5.41) is 0. The number of rotatable bonds is 6. The molecular weight excluding hydrogens is 663 g/mol. The van der Waals surface area contributed by atoms with E-state index in [1.165, 1.54) is 72.4 Å². The molecule has 1 unspecified atom stereocenters. The smallest absolute Gasteiger partial charge is 0.0722 e. The van der Waals surface area contributed by atoms with E-state index in [1.807, 2.05) is 12.2 Å². The summed E-state index contributed by atoms with van der Waals surface area (Å²) in [6.45, 7) is 10.7. The van der Waals surface area contributed by atoms with E-state index in [0.717, 1.165) is 41.0 Å². The van der Waals surface area contributed by atoms with E-state index < -0.39 is 5.41 Å². The van der Waals surface area contributed by atoms with Gasteiger partial charge in [0.15, 0.2) is 0 Å². The highest BCUT2D eigenvalue weighted by Gasteiger charge is 2.52. The number of hydrogen-bond acceptors (Lipinski definition) is 1. The maximum absolute atomic E-state index is 4.24. The van der Waals surface area contributed by atoms with Crippen LogP contribution in [-0.2, 0) is 5.41 Å². The number of nitrogens with zero attached hydrogens (tertiary/aromatic N) is 1. The first-order chi connectivity index (χ1) is 27.1. The predicted octanol–water partition coefficient (Wildman–Crippen LogP) is 14.5. The van der Waals surface area contributed by atoms with Gasteiger partial charge in [0.25, 0.3) is 0 Å². The lowest BCUT2D eigenvalue weighted by Gasteiger charge is -2.33. The lowest BCUT2D eigenvalue weighted by Crippen LogP contribution is -2.27. The van der Waals surface area contributed by atoms with Gasteiger partial charge in [0.05, 0.1) is 5.41 Å².